The zero-order valence-electron chi connectivity index (χ0n) is 14.7. The lowest BCUT2D eigenvalue weighted by atomic mass is 10.0. The molecule has 8 heteroatoms. The van der Waals surface area contributed by atoms with Gasteiger partial charge in [0.25, 0.3) is 5.69 Å². The molecular formula is C19H21Cl2N3O3. The molecule has 1 heterocycles. The predicted molar refractivity (Wildman–Crippen MR) is 107 cm³/mol. The second-order valence-corrected chi connectivity index (χ2v) is 7.49. The molecule has 3 rings (SSSR count). The average Bonchev–Trinajstić information content (AvgIpc) is 2.64. The van der Waals surface area contributed by atoms with E-state index in [1.165, 1.54) is 17.7 Å². The highest BCUT2D eigenvalue weighted by molar-refractivity contribution is 6.39. The summed E-state index contributed by atoms with van der Waals surface area (Å²) in [6.45, 7) is 3.07. The van der Waals surface area contributed by atoms with Crippen LogP contribution in [0, 0.1) is 10.1 Å². The number of nitrogens with zero attached hydrogens (tertiary/aromatic N) is 2. The third kappa shape index (κ3) is 5.11. The number of piperidine rings is 1. The SMILES string of the molecule is O=[N+]([O-])c1cc(Cl)c(NCc2ccccc2CN2CCC(O)CC2)c(Cl)c1. The van der Waals surface area contributed by atoms with Gasteiger partial charge in [0.2, 0.25) is 0 Å². The highest BCUT2D eigenvalue weighted by Crippen LogP contribution is 2.35. The maximum atomic E-state index is 10.9. The Labute approximate surface area is 167 Å². The molecule has 0 spiro atoms. The Kier molecular flexibility index (Phi) is 6.55. The van der Waals surface area contributed by atoms with Crippen molar-refractivity contribution in [3.63, 3.8) is 0 Å². The van der Waals surface area contributed by atoms with E-state index in [1.54, 1.807) is 0 Å². The molecule has 2 N–H and O–H groups in total. The lowest BCUT2D eigenvalue weighted by Gasteiger charge is -2.30. The first-order valence-corrected chi connectivity index (χ1v) is 9.54. The average molecular weight is 410 g/mol. The van der Waals surface area contributed by atoms with E-state index >= 15 is 0 Å². The van der Waals surface area contributed by atoms with Gasteiger partial charge in [0.05, 0.1) is 26.8 Å². The smallest absolute Gasteiger partial charge is 0.272 e. The van der Waals surface area contributed by atoms with E-state index in [2.05, 4.69) is 16.3 Å². The van der Waals surface area contributed by atoms with Crippen molar-refractivity contribution < 1.29 is 10.0 Å². The number of nitro benzene ring substituents is 1. The number of aliphatic hydroxyl groups is 1. The first-order valence-electron chi connectivity index (χ1n) is 8.78. The molecule has 0 aliphatic carbocycles. The molecule has 0 atom stereocenters. The monoisotopic (exact) mass is 409 g/mol. The van der Waals surface area contributed by atoms with Gasteiger partial charge in [0.15, 0.2) is 0 Å². The number of anilines is 1. The van der Waals surface area contributed by atoms with Crippen LogP contribution >= 0.6 is 23.2 Å². The van der Waals surface area contributed by atoms with Crippen LogP contribution in [0.4, 0.5) is 11.4 Å². The molecule has 0 saturated carbocycles. The van der Waals surface area contributed by atoms with Crippen LogP contribution in [0.1, 0.15) is 24.0 Å². The normalized spacial score (nSPS) is 15.7. The molecule has 0 amide bonds. The Hall–Kier alpha value is -1.86. The van der Waals surface area contributed by atoms with Gasteiger partial charge in [-0.05, 0) is 24.0 Å². The van der Waals surface area contributed by atoms with Crippen molar-refractivity contribution in [2.45, 2.75) is 32.0 Å². The molecule has 27 heavy (non-hydrogen) atoms. The summed E-state index contributed by atoms with van der Waals surface area (Å²) in [6.07, 6.45) is 1.41. The van der Waals surface area contributed by atoms with E-state index in [1.807, 2.05) is 18.2 Å². The van der Waals surface area contributed by atoms with E-state index in [9.17, 15) is 15.2 Å². The van der Waals surface area contributed by atoms with Crippen LogP contribution in [0.2, 0.25) is 10.0 Å². The highest BCUT2D eigenvalue weighted by atomic mass is 35.5. The Morgan fingerprint density at radius 3 is 2.33 bits per heavy atom. The highest BCUT2D eigenvalue weighted by Gasteiger charge is 2.18. The largest absolute Gasteiger partial charge is 0.393 e. The first kappa shape index (κ1) is 19.9. The van der Waals surface area contributed by atoms with Crippen molar-refractivity contribution in [2.24, 2.45) is 0 Å². The minimum absolute atomic E-state index is 0.136. The van der Waals surface area contributed by atoms with Gasteiger partial charge >= 0.3 is 0 Å². The maximum Gasteiger partial charge on any atom is 0.272 e. The van der Waals surface area contributed by atoms with Crippen molar-refractivity contribution in [3.8, 4) is 0 Å². The minimum Gasteiger partial charge on any atom is -0.393 e. The predicted octanol–water partition coefficient (Wildman–Crippen LogP) is 4.47. The minimum atomic E-state index is -0.521. The van der Waals surface area contributed by atoms with E-state index < -0.39 is 4.92 Å². The van der Waals surface area contributed by atoms with Crippen LogP contribution in [0.15, 0.2) is 36.4 Å². The number of nitro groups is 1. The number of nitrogens with one attached hydrogen (secondary N) is 1. The summed E-state index contributed by atoms with van der Waals surface area (Å²) in [7, 11) is 0. The van der Waals surface area contributed by atoms with Gasteiger partial charge in [-0.15, -0.1) is 0 Å². The summed E-state index contributed by atoms with van der Waals surface area (Å²) in [5, 5.41) is 24.2. The molecule has 1 aliphatic heterocycles. The topological polar surface area (TPSA) is 78.6 Å². The molecule has 2 aromatic rings. The molecule has 1 saturated heterocycles. The Bertz CT molecular complexity index is 801. The zero-order chi connectivity index (χ0) is 19.4. The summed E-state index contributed by atoms with van der Waals surface area (Å²) in [6, 6.07) is 10.7. The first-order chi connectivity index (χ1) is 12.9. The number of hydrogen-bond donors (Lipinski definition) is 2. The van der Waals surface area contributed by atoms with Crippen LogP contribution in [-0.4, -0.2) is 34.1 Å². The van der Waals surface area contributed by atoms with Crippen LogP contribution in [0.3, 0.4) is 0 Å². The van der Waals surface area contributed by atoms with Gasteiger partial charge in [-0.25, -0.2) is 0 Å². The molecule has 0 bridgehead atoms. The number of benzene rings is 2. The van der Waals surface area contributed by atoms with Crippen molar-refractivity contribution in [3.05, 3.63) is 67.7 Å². The fourth-order valence-corrected chi connectivity index (χ4v) is 3.83. The number of likely N-dealkylation sites (tertiary alicyclic amines) is 1. The summed E-state index contributed by atoms with van der Waals surface area (Å²) < 4.78 is 0. The summed E-state index contributed by atoms with van der Waals surface area (Å²) in [5.41, 5.74) is 2.65. The van der Waals surface area contributed by atoms with Gasteiger partial charge in [0, 0.05) is 38.3 Å². The van der Waals surface area contributed by atoms with E-state index in [0.717, 1.165) is 38.0 Å². The van der Waals surface area contributed by atoms with Crippen molar-refractivity contribution >= 4 is 34.6 Å². The zero-order valence-corrected chi connectivity index (χ0v) is 16.2. The third-order valence-corrected chi connectivity index (χ3v) is 5.36. The van der Waals surface area contributed by atoms with Crippen LogP contribution in [-0.2, 0) is 13.1 Å². The number of aliphatic hydroxyl groups excluding tert-OH is 1. The molecule has 1 fully saturated rings. The fraction of sp³-hybridized carbons (Fsp3) is 0.368. The van der Waals surface area contributed by atoms with Crippen LogP contribution in [0.5, 0.6) is 0 Å². The molecule has 144 valence electrons. The Morgan fingerprint density at radius 2 is 1.74 bits per heavy atom. The van der Waals surface area contributed by atoms with Gasteiger partial charge in [-0.1, -0.05) is 47.5 Å². The molecule has 1 aliphatic rings. The van der Waals surface area contributed by atoms with Gasteiger partial charge < -0.3 is 10.4 Å². The second-order valence-electron chi connectivity index (χ2n) is 6.67. The molecular weight excluding hydrogens is 389 g/mol. The van der Waals surface area contributed by atoms with Gasteiger partial charge in [0.1, 0.15) is 0 Å². The fourth-order valence-electron chi connectivity index (χ4n) is 3.22. The number of non-ortho nitro benzene ring substituents is 1. The van der Waals surface area contributed by atoms with Gasteiger partial charge in [-0.3, -0.25) is 15.0 Å². The molecule has 2 aromatic carbocycles. The molecule has 0 unspecified atom stereocenters. The van der Waals surface area contributed by atoms with E-state index in [0.29, 0.717) is 12.2 Å². The van der Waals surface area contributed by atoms with Crippen LogP contribution in [0.25, 0.3) is 0 Å². The third-order valence-electron chi connectivity index (χ3n) is 4.76. The van der Waals surface area contributed by atoms with E-state index in [4.69, 9.17) is 23.2 Å². The van der Waals surface area contributed by atoms with Crippen molar-refractivity contribution in [1.82, 2.24) is 4.90 Å². The summed E-state index contributed by atoms with van der Waals surface area (Å²) in [4.78, 5) is 12.7. The summed E-state index contributed by atoms with van der Waals surface area (Å²) in [5.74, 6) is 0. The van der Waals surface area contributed by atoms with Gasteiger partial charge in [-0.2, -0.15) is 0 Å². The number of halogens is 2. The lowest BCUT2D eigenvalue weighted by molar-refractivity contribution is -0.384. The van der Waals surface area contributed by atoms with E-state index in [-0.39, 0.29) is 21.8 Å². The van der Waals surface area contributed by atoms with Crippen molar-refractivity contribution in [1.29, 1.82) is 0 Å². The Balaban J connectivity index is 1.71. The Morgan fingerprint density at radius 1 is 1.15 bits per heavy atom. The number of rotatable bonds is 6. The molecule has 0 radical (unpaired) electrons. The van der Waals surface area contributed by atoms with Crippen molar-refractivity contribution in [2.75, 3.05) is 18.4 Å². The number of hydrogen-bond acceptors (Lipinski definition) is 5. The molecule has 6 nitrogen and oxygen atoms in total. The quantitative estimate of drug-likeness (QED) is 0.543. The maximum absolute atomic E-state index is 10.9. The standard InChI is InChI=1S/C19H21Cl2N3O3/c20-17-9-15(24(26)27)10-18(21)19(17)22-11-13-3-1-2-4-14(13)12-23-7-5-16(25)6-8-23/h1-4,9-10,16,22,25H,5-8,11-12H2. The van der Waals surface area contributed by atoms with Crippen LogP contribution < -0.4 is 5.32 Å². The summed E-state index contributed by atoms with van der Waals surface area (Å²) >= 11 is 12.3. The lowest BCUT2D eigenvalue weighted by Crippen LogP contribution is -2.35. The second kappa shape index (κ2) is 8.89. The molecule has 0 aromatic heterocycles.